The summed E-state index contributed by atoms with van der Waals surface area (Å²) in [6, 6.07) is 0.844. The maximum atomic E-state index is 13.8. The fourth-order valence-electron chi connectivity index (χ4n) is 3.27. The standard InChI is InChI=1S/C22H18F12N2O2S/c1-39-9-17(37)35-8-11-2-3-15(7-16(11)21(29,30)31)36-10-18(38,22(32,33)34)12-4-13(19(23,24)25)6-14(5-12)20(26,27)28/h2-7,36,38H,8-10H2,1H3,(H,35,37)/t18-/m1/s1. The van der Waals surface area contributed by atoms with Gasteiger partial charge in [0.25, 0.3) is 0 Å². The fourth-order valence-corrected chi connectivity index (χ4v) is 3.63. The third-order valence-corrected chi connectivity index (χ3v) is 5.80. The number of carbonyl (C=O) groups is 1. The van der Waals surface area contributed by atoms with Crippen molar-refractivity contribution in [2.45, 2.75) is 36.9 Å². The maximum absolute atomic E-state index is 13.8. The number of thioether (sulfide) groups is 1. The molecular weight excluding hydrogens is 584 g/mol. The molecule has 2 aromatic rings. The van der Waals surface area contributed by atoms with Gasteiger partial charge in [0.05, 0.1) is 29.0 Å². The van der Waals surface area contributed by atoms with Crippen LogP contribution in [0, 0.1) is 0 Å². The van der Waals surface area contributed by atoms with Crippen molar-refractivity contribution >= 4 is 23.4 Å². The first-order valence-corrected chi connectivity index (χ1v) is 11.8. The zero-order valence-corrected chi connectivity index (χ0v) is 20.2. The van der Waals surface area contributed by atoms with Crippen molar-refractivity contribution in [2.24, 2.45) is 0 Å². The number of hydrogen-bond donors (Lipinski definition) is 3. The molecule has 0 fully saturated rings. The molecule has 2 aromatic carbocycles. The number of alkyl halides is 12. The number of carbonyl (C=O) groups excluding carboxylic acids is 1. The van der Waals surface area contributed by atoms with Crippen LogP contribution in [0.4, 0.5) is 58.4 Å². The number of halogens is 12. The zero-order valence-electron chi connectivity index (χ0n) is 19.4. The normalized spacial score (nSPS) is 14.6. The number of amides is 1. The minimum atomic E-state index is -5.87. The van der Waals surface area contributed by atoms with Gasteiger partial charge >= 0.3 is 24.7 Å². The van der Waals surface area contributed by atoms with Gasteiger partial charge in [0.15, 0.2) is 0 Å². The fraction of sp³-hybridized carbons (Fsp3) is 0.409. The first-order chi connectivity index (χ1) is 17.6. The molecule has 218 valence electrons. The lowest BCUT2D eigenvalue weighted by Gasteiger charge is -2.32. The smallest absolute Gasteiger partial charge is 0.381 e. The predicted molar refractivity (Wildman–Crippen MR) is 117 cm³/mol. The molecule has 0 saturated carbocycles. The zero-order chi connectivity index (χ0) is 30.0. The summed E-state index contributed by atoms with van der Waals surface area (Å²) in [5, 5.41) is 14.4. The van der Waals surface area contributed by atoms with E-state index in [2.05, 4.69) is 5.32 Å². The van der Waals surface area contributed by atoms with Crippen molar-refractivity contribution < 1.29 is 62.6 Å². The largest absolute Gasteiger partial charge is 0.423 e. The van der Waals surface area contributed by atoms with Gasteiger partial charge in [-0.25, -0.2) is 0 Å². The molecule has 0 saturated heterocycles. The molecule has 3 N–H and O–H groups in total. The van der Waals surface area contributed by atoms with Crippen LogP contribution in [0.1, 0.15) is 27.8 Å². The summed E-state index contributed by atoms with van der Waals surface area (Å²) in [6.07, 6.45) is -20.4. The average molecular weight is 602 g/mol. The molecule has 0 unspecified atom stereocenters. The Hall–Kier alpha value is -2.82. The Balaban J connectivity index is 2.51. The highest BCUT2D eigenvalue weighted by atomic mass is 32.2. The minimum Gasteiger partial charge on any atom is -0.381 e. The van der Waals surface area contributed by atoms with E-state index in [0.29, 0.717) is 6.07 Å². The van der Waals surface area contributed by atoms with Crippen molar-refractivity contribution in [2.75, 3.05) is 23.9 Å². The monoisotopic (exact) mass is 602 g/mol. The number of anilines is 1. The van der Waals surface area contributed by atoms with Crippen LogP contribution in [0.5, 0.6) is 0 Å². The molecule has 0 spiro atoms. The quantitative estimate of drug-likeness (QED) is 0.299. The second kappa shape index (κ2) is 11.3. The lowest BCUT2D eigenvalue weighted by molar-refractivity contribution is -0.261. The number of aliphatic hydroxyl groups is 1. The topological polar surface area (TPSA) is 61.4 Å². The van der Waals surface area contributed by atoms with Crippen LogP contribution in [-0.4, -0.2) is 35.7 Å². The highest BCUT2D eigenvalue weighted by Gasteiger charge is 2.56. The van der Waals surface area contributed by atoms with Crippen molar-refractivity contribution in [3.8, 4) is 0 Å². The molecule has 2 rings (SSSR count). The molecule has 0 aliphatic carbocycles. The second-order valence-electron chi connectivity index (χ2n) is 8.09. The van der Waals surface area contributed by atoms with Gasteiger partial charge in [-0.1, -0.05) is 6.07 Å². The number of hydrogen-bond acceptors (Lipinski definition) is 4. The molecule has 0 bridgehead atoms. The van der Waals surface area contributed by atoms with Crippen LogP contribution in [0.2, 0.25) is 0 Å². The molecule has 1 atom stereocenters. The molecule has 0 aromatic heterocycles. The molecule has 0 radical (unpaired) electrons. The average Bonchev–Trinajstić information content (AvgIpc) is 2.78. The molecule has 4 nitrogen and oxygen atoms in total. The Labute approximate surface area is 216 Å². The molecule has 0 aliphatic heterocycles. The summed E-state index contributed by atoms with van der Waals surface area (Å²) >= 11 is 1.09. The molecule has 0 heterocycles. The van der Waals surface area contributed by atoms with Gasteiger partial charge in [0.2, 0.25) is 11.5 Å². The number of rotatable bonds is 8. The third kappa shape index (κ3) is 8.09. The Morgan fingerprint density at radius 3 is 1.74 bits per heavy atom. The molecular formula is C22H18F12N2O2S. The Bertz CT molecular complexity index is 1140. The second-order valence-corrected chi connectivity index (χ2v) is 8.95. The van der Waals surface area contributed by atoms with E-state index < -0.39 is 88.9 Å². The van der Waals surface area contributed by atoms with Crippen molar-refractivity contribution in [1.82, 2.24) is 5.32 Å². The SMILES string of the molecule is CSCC(=O)NCc1ccc(NC[C@@](O)(c2cc(C(F)(F)F)cc(C(F)(F)F)c2)C(F)(F)F)cc1C(F)(F)F. The van der Waals surface area contributed by atoms with Crippen LogP contribution in [0.3, 0.4) is 0 Å². The van der Waals surface area contributed by atoms with Crippen LogP contribution in [0.25, 0.3) is 0 Å². The first-order valence-electron chi connectivity index (χ1n) is 10.4. The van der Waals surface area contributed by atoms with Crippen LogP contribution < -0.4 is 10.6 Å². The van der Waals surface area contributed by atoms with Gasteiger partial charge in [-0.3, -0.25) is 4.79 Å². The van der Waals surface area contributed by atoms with E-state index in [1.807, 2.05) is 5.32 Å². The van der Waals surface area contributed by atoms with Crippen molar-refractivity contribution in [1.29, 1.82) is 0 Å². The van der Waals surface area contributed by atoms with Crippen LogP contribution in [-0.2, 0) is 35.5 Å². The Morgan fingerprint density at radius 1 is 0.795 bits per heavy atom. The van der Waals surface area contributed by atoms with Crippen molar-refractivity contribution in [3.63, 3.8) is 0 Å². The van der Waals surface area contributed by atoms with Gasteiger partial charge in [0, 0.05) is 12.2 Å². The summed E-state index contributed by atoms with van der Waals surface area (Å²) in [5.41, 5.74) is -13.1. The lowest BCUT2D eigenvalue weighted by Crippen LogP contribution is -2.48. The van der Waals surface area contributed by atoms with E-state index in [-0.39, 0.29) is 17.9 Å². The summed E-state index contributed by atoms with van der Waals surface area (Å²) in [6.45, 7) is -2.46. The Morgan fingerprint density at radius 2 is 1.31 bits per heavy atom. The highest BCUT2D eigenvalue weighted by molar-refractivity contribution is 7.99. The summed E-state index contributed by atoms with van der Waals surface area (Å²) in [5.74, 6) is -0.671. The maximum Gasteiger partial charge on any atom is 0.423 e. The lowest BCUT2D eigenvalue weighted by atomic mass is 9.89. The molecule has 1 amide bonds. The molecule has 0 aliphatic rings. The molecule has 39 heavy (non-hydrogen) atoms. The summed E-state index contributed by atoms with van der Waals surface area (Å²) in [4.78, 5) is 11.6. The van der Waals surface area contributed by atoms with E-state index in [1.165, 1.54) is 0 Å². The number of nitrogens with one attached hydrogen (secondary N) is 2. The van der Waals surface area contributed by atoms with Crippen LogP contribution >= 0.6 is 11.8 Å². The van der Waals surface area contributed by atoms with Crippen LogP contribution in [0.15, 0.2) is 36.4 Å². The van der Waals surface area contributed by atoms with E-state index in [4.69, 9.17) is 0 Å². The highest BCUT2D eigenvalue weighted by Crippen LogP contribution is 2.44. The van der Waals surface area contributed by atoms with Gasteiger partial charge in [-0.15, -0.1) is 0 Å². The van der Waals surface area contributed by atoms with Gasteiger partial charge in [-0.05, 0) is 47.7 Å². The first kappa shape index (κ1) is 32.4. The summed E-state index contributed by atoms with van der Waals surface area (Å²) in [7, 11) is 0. The third-order valence-electron chi connectivity index (χ3n) is 5.25. The van der Waals surface area contributed by atoms with E-state index in [0.717, 1.165) is 23.9 Å². The van der Waals surface area contributed by atoms with E-state index >= 15 is 0 Å². The van der Waals surface area contributed by atoms with Gasteiger partial charge in [-0.2, -0.15) is 64.4 Å². The molecule has 17 heteroatoms. The van der Waals surface area contributed by atoms with Gasteiger partial charge in [0.1, 0.15) is 0 Å². The summed E-state index contributed by atoms with van der Waals surface area (Å²) < 4.78 is 161. The van der Waals surface area contributed by atoms with E-state index in [9.17, 15) is 62.6 Å². The Kier molecular flexibility index (Phi) is 9.43. The van der Waals surface area contributed by atoms with E-state index in [1.54, 1.807) is 6.26 Å². The van der Waals surface area contributed by atoms with Crippen molar-refractivity contribution in [3.05, 3.63) is 64.2 Å². The van der Waals surface area contributed by atoms with Gasteiger partial charge < -0.3 is 15.7 Å². The minimum absolute atomic E-state index is 0.0669. The number of benzene rings is 2. The predicted octanol–water partition coefficient (Wildman–Crippen LogP) is 6.58.